The highest BCUT2D eigenvalue weighted by Crippen LogP contribution is 2.44. The molecule has 0 spiro atoms. The molecule has 0 unspecified atom stereocenters. The van der Waals surface area contributed by atoms with Crippen LogP contribution in [0.4, 0.5) is 0 Å². The van der Waals surface area contributed by atoms with Crippen LogP contribution in [0.25, 0.3) is 0 Å². The maximum absolute atomic E-state index is 11.4. The third-order valence-corrected chi connectivity index (χ3v) is 3.16. The SMILES string of the molecule is NC1(C(=O)NCC2(CO)CC2)CC1. The van der Waals surface area contributed by atoms with Crippen LogP contribution in [0.1, 0.15) is 25.7 Å². The first kappa shape index (κ1) is 8.97. The van der Waals surface area contributed by atoms with Crippen LogP contribution in [-0.4, -0.2) is 29.7 Å². The highest BCUT2D eigenvalue weighted by Gasteiger charge is 2.48. The van der Waals surface area contributed by atoms with E-state index in [0.717, 1.165) is 25.7 Å². The first-order valence-corrected chi connectivity index (χ1v) is 4.78. The molecule has 2 aliphatic carbocycles. The molecule has 0 aliphatic heterocycles. The van der Waals surface area contributed by atoms with E-state index in [1.807, 2.05) is 0 Å². The smallest absolute Gasteiger partial charge is 0.240 e. The molecule has 2 rings (SSSR count). The van der Waals surface area contributed by atoms with Gasteiger partial charge in [-0.3, -0.25) is 4.79 Å². The van der Waals surface area contributed by atoms with Crippen LogP contribution in [0, 0.1) is 5.41 Å². The molecule has 4 nitrogen and oxygen atoms in total. The lowest BCUT2D eigenvalue weighted by molar-refractivity contribution is -0.123. The van der Waals surface area contributed by atoms with Gasteiger partial charge in [0.15, 0.2) is 0 Å². The van der Waals surface area contributed by atoms with Crippen LogP contribution in [0.5, 0.6) is 0 Å². The Morgan fingerprint density at radius 3 is 2.38 bits per heavy atom. The van der Waals surface area contributed by atoms with Crippen molar-refractivity contribution in [2.45, 2.75) is 31.2 Å². The molecule has 4 N–H and O–H groups in total. The van der Waals surface area contributed by atoms with Crippen LogP contribution in [0.15, 0.2) is 0 Å². The summed E-state index contributed by atoms with van der Waals surface area (Å²) in [5, 5.41) is 11.8. The second-order valence-electron chi connectivity index (χ2n) is 4.50. The summed E-state index contributed by atoms with van der Waals surface area (Å²) in [6, 6.07) is 0. The maximum atomic E-state index is 11.4. The number of nitrogens with two attached hydrogens (primary N) is 1. The van der Waals surface area contributed by atoms with E-state index in [1.54, 1.807) is 0 Å². The number of nitrogens with one attached hydrogen (secondary N) is 1. The molecule has 2 fully saturated rings. The minimum absolute atomic E-state index is 0.0130. The molecule has 0 aromatic rings. The van der Waals surface area contributed by atoms with Gasteiger partial charge in [-0.05, 0) is 25.7 Å². The molecule has 0 aromatic carbocycles. The van der Waals surface area contributed by atoms with Crippen LogP contribution in [-0.2, 0) is 4.79 Å². The zero-order chi connectivity index (χ0) is 9.53. The topological polar surface area (TPSA) is 75.4 Å². The standard InChI is InChI=1S/C9H16N2O2/c10-9(3-4-9)7(13)11-5-8(6-12)1-2-8/h12H,1-6,10H2,(H,11,13). The Morgan fingerprint density at radius 1 is 1.38 bits per heavy atom. The fraction of sp³-hybridized carbons (Fsp3) is 0.889. The molecule has 2 aliphatic rings. The number of hydrogen-bond donors (Lipinski definition) is 3. The number of aliphatic hydroxyl groups is 1. The van der Waals surface area contributed by atoms with Crippen molar-refractivity contribution in [3.05, 3.63) is 0 Å². The quantitative estimate of drug-likeness (QED) is 0.544. The molecule has 2 saturated carbocycles. The van der Waals surface area contributed by atoms with Crippen molar-refractivity contribution in [2.75, 3.05) is 13.2 Å². The van der Waals surface area contributed by atoms with E-state index in [9.17, 15) is 4.79 Å². The molecule has 0 radical (unpaired) electrons. The van der Waals surface area contributed by atoms with Crippen molar-refractivity contribution in [1.29, 1.82) is 0 Å². The summed E-state index contributed by atoms with van der Waals surface area (Å²) in [5.74, 6) is -0.0489. The molecular formula is C9H16N2O2. The maximum Gasteiger partial charge on any atom is 0.240 e. The van der Waals surface area contributed by atoms with Gasteiger partial charge in [-0.15, -0.1) is 0 Å². The summed E-state index contributed by atoms with van der Waals surface area (Å²) in [4.78, 5) is 11.4. The summed E-state index contributed by atoms with van der Waals surface area (Å²) < 4.78 is 0. The van der Waals surface area contributed by atoms with Crippen molar-refractivity contribution in [2.24, 2.45) is 11.1 Å². The monoisotopic (exact) mass is 184 g/mol. The van der Waals surface area contributed by atoms with Crippen molar-refractivity contribution >= 4 is 5.91 Å². The molecule has 13 heavy (non-hydrogen) atoms. The number of amides is 1. The number of carbonyl (C=O) groups is 1. The van der Waals surface area contributed by atoms with Crippen LogP contribution >= 0.6 is 0 Å². The molecule has 4 heteroatoms. The Labute approximate surface area is 77.5 Å². The third-order valence-electron chi connectivity index (χ3n) is 3.16. The van der Waals surface area contributed by atoms with E-state index in [2.05, 4.69) is 5.32 Å². The van der Waals surface area contributed by atoms with Crippen LogP contribution in [0.3, 0.4) is 0 Å². The van der Waals surface area contributed by atoms with Crippen LogP contribution < -0.4 is 11.1 Å². The minimum atomic E-state index is -0.578. The van der Waals surface area contributed by atoms with Gasteiger partial charge in [0, 0.05) is 12.0 Å². The van der Waals surface area contributed by atoms with Crippen molar-refractivity contribution in [1.82, 2.24) is 5.32 Å². The Balaban J connectivity index is 1.76. The van der Waals surface area contributed by atoms with E-state index >= 15 is 0 Å². The Bertz CT molecular complexity index is 232. The van der Waals surface area contributed by atoms with E-state index in [1.165, 1.54) is 0 Å². The number of hydrogen-bond acceptors (Lipinski definition) is 3. The second-order valence-corrected chi connectivity index (χ2v) is 4.50. The largest absolute Gasteiger partial charge is 0.396 e. The summed E-state index contributed by atoms with van der Waals surface area (Å²) in [6.07, 6.45) is 3.62. The van der Waals surface area contributed by atoms with E-state index in [4.69, 9.17) is 10.8 Å². The molecule has 0 heterocycles. The van der Waals surface area contributed by atoms with Gasteiger partial charge in [-0.25, -0.2) is 0 Å². The van der Waals surface area contributed by atoms with Gasteiger partial charge in [0.05, 0.1) is 12.1 Å². The lowest BCUT2D eigenvalue weighted by atomic mass is 10.1. The zero-order valence-corrected chi connectivity index (χ0v) is 7.68. The molecule has 0 saturated heterocycles. The van der Waals surface area contributed by atoms with Crippen molar-refractivity contribution in [3.8, 4) is 0 Å². The normalized spacial score (nSPS) is 26.6. The average Bonchev–Trinajstić information content (AvgIpc) is 2.99. The summed E-state index contributed by atoms with van der Waals surface area (Å²) >= 11 is 0. The highest BCUT2D eigenvalue weighted by atomic mass is 16.3. The second kappa shape index (κ2) is 2.69. The van der Waals surface area contributed by atoms with Crippen molar-refractivity contribution < 1.29 is 9.90 Å². The summed E-state index contributed by atoms with van der Waals surface area (Å²) in [5.41, 5.74) is 5.12. The third kappa shape index (κ3) is 1.69. The first-order chi connectivity index (χ1) is 6.10. The van der Waals surface area contributed by atoms with Gasteiger partial charge < -0.3 is 16.2 Å². The minimum Gasteiger partial charge on any atom is -0.396 e. The predicted molar refractivity (Wildman–Crippen MR) is 47.9 cm³/mol. The summed E-state index contributed by atoms with van der Waals surface area (Å²) in [7, 11) is 0. The van der Waals surface area contributed by atoms with Gasteiger partial charge in [-0.2, -0.15) is 0 Å². The lowest BCUT2D eigenvalue weighted by Gasteiger charge is -2.15. The van der Waals surface area contributed by atoms with E-state index in [0.29, 0.717) is 6.54 Å². The van der Waals surface area contributed by atoms with Crippen molar-refractivity contribution in [3.63, 3.8) is 0 Å². The summed E-state index contributed by atoms with van der Waals surface area (Å²) in [6.45, 7) is 0.756. The van der Waals surface area contributed by atoms with Crippen LogP contribution in [0.2, 0.25) is 0 Å². The Morgan fingerprint density at radius 2 is 2.00 bits per heavy atom. The molecule has 0 atom stereocenters. The predicted octanol–water partition coefficient (Wildman–Crippen LogP) is -0.634. The van der Waals surface area contributed by atoms with Gasteiger partial charge in [0.25, 0.3) is 0 Å². The Hall–Kier alpha value is -0.610. The molecule has 74 valence electrons. The van der Waals surface area contributed by atoms with E-state index < -0.39 is 5.54 Å². The molecule has 1 amide bonds. The zero-order valence-electron chi connectivity index (χ0n) is 7.68. The molecular weight excluding hydrogens is 168 g/mol. The first-order valence-electron chi connectivity index (χ1n) is 4.78. The van der Waals surface area contributed by atoms with E-state index in [-0.39, 0.29) is 17.9 Å². The fourth-order valence-electron chi connectivity index (χ4n) is 1.37. The van der Waals surface area contributed by atoms with Gasteiger partial charge in [0.1, 0.15) is 0 Å². The average molecular weight is 184 g/mol. The molecule has 0 aromatic heterocycles. The highest BCUT2D eigenvalue weighted by molar-refractivity contribution is 5.89. The Kier molecular flexibility index (Phi) is 1.85. The number of aliphatic hydroxyl groups excluding tert-OH is 1. The van der Waals surface area contributed by atoms with Gasteiger partial charge >= 0.3 is 0 Å². The number of rotatable bonds is 4. The lowest BCUT2D eigenvalue weighted by Crippen LogP contribution is -2.45. The van der Waals surface area contributed by atoms with Gasteiger partial charge in [0.2, 0.25) is 5.91 Å². The molecule has 0 bridgehead atoms. The van der Waals surface area contributed by atoms with Gasteiger partial charge in [-0.1, -0.05) is 0 Å². The number of carbonyl (C=O) groups excluding carboxylic acids is 1. The fourth-order valence-corrected chi connectivity index (χ4v) is 1.37.